The van der Waals surface area contributed by atoms with E-state index >= 15 is 0 Å². The Bertz CT molecular complexity index is 1140. The quantitative estimate of drug-likeness (QED) is 0.437. The maximum Gasteiger partial charge on any atom is 0.250 e. The lowest BCUT2D eigenvalue weighted by Crippen LogP contribution is -2.47. The standard InChI is InChI=1S/C25H30F2N6O2.2ClH/c1-4-29-7-8-33(23-11-19(12-28)22(27)9-17(23)2)25(35)14-30-13-24(34)31(3)32-15-18-5-6-21(26)10-20(18)16-32;;/h5-6,9-11,29-30H,4,7-8,13-16H2,1-3H3;2*1H. The Morgan fingerprint density at radius 1 is 1.05 bits per heavy atom. The minimum atomic E-state index is -0.633. The Kier molecular flexibility index (Phi) is 12.9. The van der Waals surface area contributed by atoms with Crippen molar-refractivity contribution in [3.8, 4) is 6.07 Å². The molecule has 0 spiro atoms. The van der Waals surface area contributed by atoms with E-state index in [4.69, 9.17) is 0 Å². The van der Waals surface area contributed by atoms with Crippen LogP contribution in [0.15, 0.2) is 30.3 Å². The number of likely N-dealkylation sites (N-methyl/N-ethyl adjacent to an activating group) is 2. The van der Waals surface area contributed by atoms with Gasteiger partial charge in [-0.15, -0.1) is 24.8 Å². The summed E-state index contributed by atoms with van der Waals surface area (Å²) >= 11 is 0. The van der Waals surface area contributed by atoms with Crippen LogP contribution in [0, 0.1) is 29.9 Å². The number of hydrogen-bond acceptors (Lipinski definition) is 6. The van der Waals surface area contributed by atoms with Crippen LogP contribution in [0.5, 0.6) is 0 Å². The first kappa shape index (κ1) is 32.2. The van der Waals surface area contributed by atoms with E-state index in [1.165, 1.54) is 34.2 Å². The van der Waals surface area contributed by atoms with Crippen LogP contribution in [0.3, 0.4) is 0 Å². The van der Waals surface area contributed by atoms with E-state index in [0.717, 1.165) is 17.7 Å². The van der Waals surface area contributed by atoms with Gasteiger partial charge in [-0.3, -0.25) is 19.9 Å². The molecule has 0 unspecified atom stereocenters. The fourth-order valence-electron chi connectivity index (χ4n) is 3.99. The summed E-state index contributed by atoms with van der Waals surface area (Å²) in [6, 6.07) is 9.03. The molecule has 0 aliphatic carbocycles. The van der Waals surface area contributed by atoms with Gasteiger partial charge in [-0.1, -0.05) is 13.0 Å². The molecular formula is C25H32Cl2F2N6O2. The molecule has 0 fully saturated rings. The van der Waals surface area contributed by atoms with E-state index in [1.807, 2.05) is 18.0 Å². The molecule has 202 valence electrons. The summed E-state index contributed by atoms with van der Waals surface area (Å²) in [6.07, 6.45) is 0. The van der Waals surface area contributed by atoms with Crippen molar-refractivity contribution in [3.05, 3.63) is 64.2 Å². The van der Waals surface area contributed by atoms with Crippen LogP contribution < -0.4 is 15.5 Å². The molecule has 1 heterocycles. The molecule has 37 heavy (non-hydrogen) atoms. The van der Waals surface area contributed by atoms with Gasteiger partial charge >= 0.3 is 0 Å². The molecule has 2 amide bonds. The number of fused-ring (bicyclic) bond motifs is 1. The summed E-state index contributed by atoms with van der Waals surface area (Å²) in [4.78, 5) is 27.2. The van der Waals surface area contributed by atoms with Crippen LogP contribution in [0.2, 0.25) is 0 Å². The summed E-state index contributed by atoms with van der Waals surface area (Å²) in [5, 5.41) is 18.5. The third-order valence-corrected chi connectivity index (χ3v) is 5.97. The maximum atomic E-state index is 14.0. The topological polar surface area (TPSA) is 91.7 Å². The van der Waals surface area contributed by atoms with Crippen LogP contribution in [-0.4, -0.2) is 61.6 Å². The number of carbonyl (C=O) groups excluding carboxylic acids is 2. The number of nitrogens with one attached hydrogen (secondary N) is 2. The molecule has 1 aliphatic rings. The molecule has 0 atom stereocenters. The highest BCUT2D eigenvalue weighted by Gasteiger charge is 2.26. The van der Waals surface area contributed by atoms with E-state index in [1.54, 1.807) is 20.0 Å². The first-order valence-electron chi connectivity index (χ1n) is 11.5. The fraction of sp³-hybridized carbons (Fsp3) is 0.400. The number of aryl methyl sites for hydroxylation is 1. The van der Waals surface area contributed by atoms with Gasteiger partial charge in [0.05, 0.1) is 18.7 Å². The van der Waals surface area contributed by atoms with Gasteiger partial charge in [-0.2, -0.15) is 5.26 Å². The minimum Gasteiger partial charge on any atom is -0.315 e. The van der Waals surface area contributed by atoms with E-state index in [2.05, 4.69) is 10.6 Å². The van der Waals surface area contributed by atoms with E-state index in [-0.39, 0.29) is 61.1 Å². The Hall–Kier alpha value is -2.81. The van der Waals surface area contributed by atoms with Gasteiger partial charge in [0.1, 0.15) is 17.7 Å². The maximum absolute atomic E-state index is 14.0. The Balaban J connectivity index is 0.00000342. The lowest BCUT2D eigenvalue weighted by Gasteiger charge is -2.28. The average Bonchev–Trinajstić information content (AvgIpc) is 3.25. The predicted molar refractivity (Wildman–Crippen MR) is 143 cm³/mol. The Labute approximate surface area is 228 Å². The fourth-order valence-corrected chi connectivity index (χ4v) is 3.99. The Morgan fingerprint density at radius 3 is 2.41 bits per heavy atom. The van der Waals surface area contributed by atoms with Gasteiger partial charge in [-0.05, 0) is 54.4 Å². The third kappa shape index (κ3) is 8.09. The largest absolute Gasteiger partial charge is 0.315 e. The zero-order chi connectivity index (χ0) is 25.5. The number of hydrogen-bond donors (Lipinski definition) is 2. The molecule has 1 aliphatic heterocycles. The zero-order valence-electron chi connectivity index (χ0n) is 21.0. The second-order valence-electron chi connectivity index (χ2n) is 8.39. The van der Waals surface area contributed by atoms with Gasteiger partial charge in [0.2, 0.25) is 5.91 Å². The van der Waals surface area contributed by atoms with Gasteiger partial charge in [0.15, 0.2) is 0 Å². The molecule has 2 N–H and O–H groups in total. The number of anilines is 1. The number of benzene rings is 2. The van der Waals surface area contributed by atoms with Crippen molar-refractivity contribution in [2.45, 2.75) is 26.9 Å². The van der Waals surface area contributed by atoms with Crippen molar-refractivity contribution >= 4 is 42.3 Å². The molecule has 0 radical (unpaired) electrons. The number of halogens is 4. The molecule has 0 bridgehead atoms. The molecule has 0 saturated carbocycles. The molecule has 3 rings (SSSR count). The van der Waals surface area contributed by atoms with Crippen molar-refractivity contribution in [2.75, 3.05) is 44.7 Å². The summed E-state index contributed by atoms with van der Waals surface area (Å²) in [5.41, 5.74) is 2.67. The summed E-state index contributed by atoms with van der Waals surface area (Å²) in [6.45, 7) is 5.92. The zero-order valence-corrected chi connectivity index (χ0v) is 22.6. The molecule has 0 saturated heterocycles. The van der Waals surface area contributed by atoms with Crippen LogP contribution >= 0.6 is 24.8 Å². The van der Waals surface area contributed by atoms with Crippen LogP contribution in [-0.2, 0) is 22.7 Å². The number of rotatable bonds is 10. The van der Waals surface area contributed by atoms with Crippen LogP contribution in [0.1, 0.15) is 29.2 Å². The minimum absolute atomic E-state index is 0. The highest BCUT2D eigenvalue weighted by molar-refractivity contribution is 5.96. The summed E-state index contributed by atoms with van der Waals surface area (Å²) < 4.78 is 27.5. The second kappa shape index (κ2) is 14.8. The van der Waals surface area contributed by atoms with Gasteiger partial charge in [-0.25, -0.2) is 13.8 Å². The molecule has 2 aromatic rings. The monoisotopic (exact) mass is 556 g/mol. The number of nitrogens with zero attached hydrogens (tertiary/aromatic N) is 4. The van der Waals surface area contributed by atoms with Gasteiger partial charge < -0.3 is 10.2 Å². The SMILES string of the molecule is CCNCCN(C(=O)CNCC(=O)N(C)N1Cc2ccc(F)cc2C1)c1cc(C#N)c(F)cc1C.Cl.Cl. The number of hydrazine groups is 1. The van der Waals surface area contributed by atoms with Crippen molar-refractivity contribution in [3.63, 3.8) is 0 Å². The number of amides is 2. The lowest BCUT2D eigenvalue weighted by atomic mass is 10.1. The molecule has 2 aromatic carbocycles. The van der Waals surface area contributed by atoms with E-state index in [9.17, 15) is 23.6 Å². The Morgan fingerprint density at radius 2 is 1.73 bits per heavy atom. The van der Waals surface area contributed by atoms with Gasteiger partial charge in [0, 0.05) is 38.9 Å². The molecular weight excluding hydrogens is 525 g/mol. The normalized spacial score (nSPS) is 12.1. The molecule has 0 aromatic heterocycles. The van der Waals surface area contributed by atoms with Crippen molar-refractivity contribution in [1.29, 1.82) is 5.26 Å². The second-order valence-corrected chi connectivity index (χ2v) is 8.39. The summed E-state index contributed by atoms with van der Waals surface area (Å²) in [7, 11) is 1.64. The first-order valence-corrected chi connectivity index (χ1v) is 11.5. The van der Waals surface area contributed by atoms with Gasteiger partial charge in [0.25, 0.3) is 5.91 Å². The average molecular weight is 557 g/mol. The highest BCUT2D eigenvalue weighted by atomic mass is 35.5. The summed E-state index contributed by atoms with van der Waals surface area (Å²) in [5.74, 6) is -1.49. The molecule has 12 heteroatoms. The molecule has 8 nitrogen and oxygen atoms in total. The van der Waals surface area contributed by atoms with E-state index in [0.29, 0.717) is 37.4 Å². The number of carbonyl (C=O) groups is 2. The predicted octanol–water partition coefficient (Wildman–Crippen LogP) is 2.91. The number of nitriles is 1. The van der Waals surface area contributed by atoms with Crippen molar-refractivity contribution in [2.24, 2.45) is 0 Å². The van der Waals surface area contributed by atoms with Crippen LogP contribution in [0.25, 0.3) is 0 Å². The van der Waals surface area contributed by atoms with Crippen molar-refractivity contribution in [1.82, 2.24) is 20.7 Å². The third-order valence-electron chi connectivity index (χ3n) is 5.97. The van der Waals surface area contributed by atoms with E-state index < -0.39 is 5.82 Å². The first-order chi connectivity index (χ1) is 16.7. The van der Waals surface area contributed by atoms with Crippen molar-refractivity contribution < 1.29 is 18.4 Å². The smallest absolute Gasteiger partial charge is 0.250 e. The highest BCUT2D eigenvalue weighted by Crippen LogP contribution is 2.25. The lowest BCUT2D eigenvalue weighted by molar-refractivity contribution is -0.145. The van der Waals surface area contributed by atoms with Crippen LogP contribution in [0.4, 0.5) is 14.5 Å².